The number of hydrogen-bond acceptors (Lipinski definition) is 1. The average Bonchev–Trinajstić information content (AvgIpc) is 2.33. The van der Waals surface area contributed by atoms with Crippen LogP contribution in [0.5, 0.6) is 0 Å². The van der Waals surface area contributed by atoms with Crippen LogP contribution >= 0.6 is 0 Å². The number of hydrogen-bond donors (Lipinski definition) is 1. The van der Waals surface area contributed by atoms with Gasteiger partial charge in [-0.15, -0.1) is 0 Å². The Kier molecular flexibility index (Phi) is 2.34. The highest BCUT2D eigenvalue weighted by Crippen LogP contribution is 2.22. The molecule has 1 aliphatic rings. The Morgan fingerprint density at radius 3 is 2.65 bits per heavy atom. The summed E-state index contributed by atoms with van der Waals surface area (Å²) in [6.45, 7) is 2.95. The second-order valence-electron chi connectivity index (χ2n) is 4.26. The van der Waals surface area contributed by atoms with E-state index in [1.165, 1.54) is 11.1 Å². The third-order valence-corrected chi connectivity index (χ3v) is 3.08. The van der Waals surface area contributed by atoms with E-state index in [1.807, 2.05) is 6.07 Å². The van der Waals surface area contributed by atoms with Crippen molar-refractivity contribution in [2.75, 3.05) is 5.32 Å². The van der Waals surface area contributed by atoms with Gasteiger partial charge in [-0.1, -0.05) is 42.2 Å². The standard InChI is InChI=1S/C16H13N/c1-12-5-4-8-14-10-9-13-6-2-3-7-15(13)11-17-16(12)14/h2-8,17H,11H2,1H3. The van der Waals surface area contributed by atoms with E-state index in [4.69, 9.17) is 0 Å². The summed E-state index contributed by atoms with van der Waals surface area (Å²) < 4.78 is 0. The smallest absolute Gasteiger partial charge is 0.0531 e. The molecule has 1 N–H and O–H groups in total. The maximum absolute atomic E-state index is 3.49. The number of fused-ring (bicyclic) bond motifs is 2. The zero-order valence-electron chi connectivity index (χ0n) is 9.75. The van der Waals surface area contributed by atoms with E-state index in [-0.39, 0.29) is 0 Å². The molecule has 0 amide bonds. The number of para-hydroxylation sites is 1. The second kappa shape index (κ2) is 3.99. The fraction of sp³-hybridized carbons (Fsp3) is 0.125. The minimum absolute atomic E-state index is 0.836. The van der Waals surface area contributed by atoms with Gasteiger partial charge in [0.05, 0.1) is 5.69 Å². The third-order valence-electron chi connectivity index (χ3n) is 3.08. The molecule has 0 saturated carbocycles. The highest BCUT2D eigenvalue weighted by atomic mass is 14.9. The molecule has 1 heterocycles. The molecule has 0 spiro atoms. The maximum atomic E-state index is 3.49. The van der Waals surface area contributed by atoms with Crippen molar-refractivity contribution >= 4 is 5.69 Å². The van der Waals surface area contributed by atoms with E-state index in [2.05, 4.69) is 60.5 Å². The highest BCUT2D eigenvalue weighted by Gasteiger charge is 2.07. The van der Waals surface area contributed by atoms with Crippen molar-refractivity contribution in [2.24, 2.45) is 0 Å². The van der Waals surface area contributed by atoms with E-state index in [1.54, 1.807) is 0 Å². The third kappa shape index (κ3) is 1.79. The normalized spacial score (nSPS) is 12.1. The van der Waals surface area contributed by atoms with Gasteiger partial charge in [-0.2, -0.15) is 0 Å². The number of benzene rings is 2. The van der Waals surface area contributed by atoms with Crippen LogP contribution in [0.4, 0.5) is 5.69 Å². The molecule has 1 heteroatoms. The predicted octanol–water partition coefficient (Wildman–Crippen LogP) is 3.32. The summed E-state index contributed by atoms with van der Waals surface area (Å²) in [5, 5.41) is 3.49. The molecule has 3 rings (SSSR count). The zero-order valence-corrected chi connectivity index (χ0v) is 9.75. The summed E-state index contributed by atoms with van der Waals surface area (Å²) in [5.41, 5.74) is 5.87. The van der Waals surface area contributed by atoms with Crippen LogP contribution < -0.4 is 5.32 Å². The summed E-state index contributed by atoms with van der Waals surface area (Å²) in [6.07, 6.45) is 0. The first kappa shape index (κ1) is 9.99. The molecule has 0 aromatic heterocycles. The van der Waals surface area contributed by atoms with Crippen LogP contribution in [0.2, 0.25) is 0 Å². The van der Waals surface area contributed by atoms with Crippen LogP contribution in [0, 0.1) is 18.8 Å². The van der Waals surface area contributed by atoms with Crippen LogP contribution in [0.25, 0.3) is 0 Å². The minimum atomic E-state index is 0.836. The molecule has 0 fully saturated rings. The summed E-state index contributed by atoms with van der Waals surface area (Å²) in [5.74, 6) is 6.51. The highest BCUT2D eigenvalue weighted by molar-refractivity contribution is 5.66. The van der Waals surface area contributed by atoms with Crippen molar-refractivity contribution in [3.05, 3.63) is 64.7 Å². The van der Waals surface area contributed by atoms with E-state index < -0.39 is 0 Å². The molecule has 17 heavy (non-hydrogen) atoms. The summed E-state index contributed by atoms with van der Waals surface area (Å²) in [4.78, 5) is 0. The Morgan fingerprint density at radius 2 is 1.71 bits per heavy atom. The molecule has 2 aromatic carbocycles. The van der Waals surface area contributed by atoms with Crippen molar-refractivity contribution in [1.29, 1.82) is 0 Å². The van der Waals surface area contributed by atoms with Gasteiger partial charge in [0.15, 0.2) is 0 Å². The Labute approximate surface area is 101 Å². The van der Waals surface area contributed by atoms with Crippen molar-refractivity contribution in [3.63, 3.8) is 0 Å². The fourth-order valence-corrected chi connectivity index (χ4v) is 2.12. The van der Waals surface area contributed by atoms with Crippen molar-refractivity contribution in [2.45, 2.75) is 13.5 Å². The number of nitrogens with one attached hydrogen (secondary N) is 1. The van der Waals surface area contributed by atoms with Crippen LogP contribution in [-0.4, -0.2) is 0 Å². The summed E-state index contributed by atoms with van der Waals surface area (Å²) >= 11 is 0. The number of rotatable bonds is 0. The van der Waals surface area contributed by atoms with E-state index in [0.717, 1.165) is 23.4 Å². The molecule has 0 bridgehead atoms. The molecule has 0 atom stereocenters. The van der Waals surface area contributed by atoms with E-state index in [0.29, 0.717) is 0 Å². The lowest BCUT2D eigenvalue weighted by Crippen LogP contribution is -2.06. The lowest BCUT2D eigenvalue weighted by molar-refractivity contribution is 1.13. The van der Waals surface area contributed by atoms with Crippen molar-refractivity contribution in [1.82, 2.24) is 0 Å². The zero-order chi connectivity index (χ0) is 11.7. The van der Waals surface area contributed by atoms with Gasteiger partial charge in [-0.25, -0.2) is 0 Å². The van der Waals surface area contributed by atoms with E-state index >= 15 is 0 Å². The quantitative estimate of drug-likeness (QED) is 0.670. The molecule has 0 radical (unpaired) electrons. The number of anilines is 1. The SMILES string of the molecule is Cc1cccc2c1NCc1ccccc1C#C2. The monoisotopic (exact) mass is 219 g/mol. The van der Waals surface area contributed by atoms with Crippen LogP contribution in [0.15, 0.2) is 42.5 Å². The molecule has 82 valence electrons. The van der Waals surface area contributed by atoms with Gasteiger partial charge >= 0.3 is 0 Å². The molecule has 1 nitrogen and oxygen atoms in total. The maximum Gasteiger partial charge on any atom is 0.0531 e. The molecule has 1 aliphatic heterocycles. The summed E-state index contributed by atoms with van der Waals surface area (Å²) in [6, 6.07) is 14.5. The Hall–Kier alpha value is -2.20. The first-order valence-corrected chi connectivity index (χ1v) is 5.78. The molecule has 0 unspecified atom stereocenters. The van der Waals surface area contributed by atoms with Gasteiger partial charge in [-0.3, -0.25) is 0 Å². The molecule has 0 aliphatic carbocycles. The minimum Gasteiger partial charge on any atom is -0.380 e. The van der Waals surface area contributed by atoms with Crippen molar-refractivity contribution in [3.8, 4) is 11.8 Å². The molecule has 2 aromatic rings. The topological polar surface area (TPSA) is 12.0 Å². The van der Waals surface area contributed by atoms with Crippen LogP contribution in [-0.2, 0) is 6.54 Å². The van der Waals surface area contributed by atoms with Crippen LogP contribution in [0.3, 0.4) is 0 Å². The molecular weight excluding hydrogens is 206 g/mol. The Balaban J connectivity index is 2.18. The Morgan fingerprint density at radius 1 is 0.941 bits per heavy atom. The molecule has 0 saturated heterocycles. The van der Waals surface area contributed by atoms with Gasteiger partial charge in [0, 0.05) is 17.7 Å². The lowest BCUT2D eigenvalue weighted by Gasteiger charge is -2.14. The summed E-state index contributed by atoms with van der Waals surface area (Å²) in [7, 11) is 0. The average molecular weight is 219 g/mol. The first-order chi connectivity index (χ1) is 8.34. The van der Waals surface area contributed by atoms with Gasteiger partial charge in [0.2, 0.25) is 0 Å². The first-order valence-electron chi connectivity index (χ1n) is 5.78. The number of aryl methyl sites for hydroxylation is 1. The van der Waals surface area contributed by atoms with Gasteiger partial charge in [0.1, 0.15) is 0 Å². The van der Waals surface area contributed by atoms with Crippen LogP contribution in [0.1, 0.15) is 22.3 Å². The lowest BCUT2D eigenvalue weighted by atomic mass is 10.0. The van der Waals surface area contributed by atoms with Gasteiger partial charge < -0.3 is 5.32 Å². The van der Waals surface area contributed by atoms with E-state index in [9.17, 15) is 0 Å². The fourth-order valence-electron chi connectivity index (χ4n) is 2.12. The second-order valence-corrected chi connectivity index (χ2v) is 4.26. The Bertz CT molecular complexity index is 629. The predicted molar refractivity (Wildman–Crippen MR) is 70.9 cm³/mol. The largest absolute Gasteiger partial charge is 0.380 e. The van der Waals surface area contributed by atoms with Crippen molar-refractivity contribution < 1.29 is 0 Å². The molecular formula is C16H13N. The van der Waals surface area contributed by atoms with Gasteiger partial charge in [0.25, 0.3) is 0 Å². The van der Waals surface area contributed by atoms with Gasteiger partial charge in [-0.05, 0) is 30.2 Å².